The SMILES string of the molecule is CC(C)Oc1ccc(NC(N)=NCc2ccc(CN3CCC(O)CC3)cc2)cc1.I. The fourth-order valence-corrected chi connectivity index (χ4v) is 3.34. The molecule has 2 aromatic carbocycles. The minimum atomic E-state index is -0.128. The van der Waals surface area contributed by atoms with Gasteiger partial charge in [0.15, 0.2) is 5.96 Å². The number of nitrogens with two attached hydrogens (primary N) is 1. The molecule has 1 aliphatic rings. The Balaban J connectivity index is 0.00000320. The van der Waals surface area contributed by atoms with E-state index in [0.29, 0.717) is 12.5 Å². The van der Waals surface area contributed by atoms with Crippen molar-refractivity contribution in [1.29, 1.82) is 0 Å². The second-order valence-electron chi connectivity index (χ2n) is 7.84. The predicted molar refractivity (Wildman–Crippen MR) is 134 cm³/mol. The average Bonchev–Trinajstić information content (AvgIpc) is 2.70. The molecule has 0 aromatic heterocycles. The van der Waals surface area contributed by atoms with Crippen LogP contribution in [0, 0.1) is 0 Å². The first-order valence-corrected chi connectivity index (χ1v) is 10.3. The molecular weight excluding hydrogens is 491 g/mol. The van der Waals surface area contributed by atoms with Gasteiger partial charge in [-0.15, -0.1) is 24.0 Å². The number of aliphatic hydroxyl groups excluding tert-OH is 1. The maximum atomic E-state index is 9.61. The van der Waals surface area contributed by atoms with Crippen LogP contribution >= 0.6 is 24.0 Å². The lowest BCUT2D eigenvalue weighted by Crippen LogP contribution is -2.35. The van der Waals surface area contributed by atoms with Gasteiger partial charge in [-0.2, -0.15) is 0 Å². The van der Waals surface area contributed by atoms with Gasteiger partial charge in [0.05, 0.1) is 18.8 Å². The van der Waals surface area contributed by atoms with Crippen molar-refractivity contribution in [3.63, 3.8) is 0 Å². The summed E-state index contributed by atoms with van der Waals surface area (Å²) in [6.07, 6.45) is 1.76. The first-order valence-electron chi connectivity index (χ1n) is 10.3. The molecule has 1 aliphatic heterocycles. The summed E-state index contributed by atoms with van der Waals surface area (Å²) in [5.41, 5.74) is 9.30. The number of anilines is 1. The van der Waals surface area contributed by atoms with E-state index in [1.807, 2.05) is 38.1 Å². The molecule has 6 nitrogen and oxygen atoms in total. The summed E-state index contributed by atoms with van der Waals surface area (Å²) < 4.78 is 5.64. The van der Waals surface area contributed by atoms with E-state index in [9.17, 15) is 5.11 Å². The van der Waals surface area contributed by atoms with Gasteiger partial charge in [0.2, 0.25) is 0 Å². The van der Waals surface area contributed by atoms with Crippen LogP contribution in [0.2, 0.25) is 0 Å². The van der Waals surface area contributed by atoms with Crippen LogP contribution in [0.5, 0.6) is 5.75 Å². The summed E-state index contributed by atoms with van der Waals surface area (Å²) in [5, 5.41) is 12.7. The fourth-order valence-electron chi connectivity index (χ4n) is 3.34. The van der Waals surface area contributed by atoms with Crippen LogP contribution in [0.1, 0.15) is 37.8 Å². The van der Waals surface area contributed by atoms with Crippen molar-refractivity contribution in [3.05, 3.63) is 59.7 Å². The third-order valence-corrected chi connectivity index (χ3v) is 4.92. The Hall–Kier alpha value is -1.84. The standard InChI is InChI=1S/C23H32N4O2.HI/c1-17(2)29-22-9-7-20(8-10-22)26-23(24)25-15-18-3-5-19(6-4-18)16-27-13-11-21(28)12-14-27;/h3-10,17,21,28H,11-16H2,1-2H3,(H3,24,25,26);1H. The molecular formula is C23H33IN4O2. The summed E-state index contributed by atoms with van der Waals surface area (Å²) in [7, 11) is 0. The fraction of sp³-hybridized carbons (Fsp3) is 0.435. The molecule has 2 aromatic rings. The van der Waals surface area contributed by atoms with Crippen LogP contribution in [0.25, 0.3) is 0 Å². The molecule has 0 amide bonds. The Morgan fingerprint density at radius 3 is 2.30 bits per heavy atom. The van der Waals surface area contributed by atoms with E-state index >= 15 is 0 Å². The molecule has 164 valence electrons. The normalized spacial score (nSPS) is 15.7. The Morgan fingerprint density at radius 1 is 1.10 bits per heavy atom. The van der Waals surface area contributed by atoms with Gasteiger partial charge in [-0.3, -0.25) is 4.90 Å². The minimum Gasteiger partial charge on any atom is -0.491 e. The predicted octanol–water partition coefficient (Wildman–Crippen LogP) is 3.98. The summed E-state index contributed by atoms with van der Waals surface area (Å²) in [5.74, 6) is 1.22. The van der Waals surface area contributed by atoms with Gasteiger partial charge < -0.3 is 20.9 Å². The number of hydrogen-bond donors (Lipinski definition) is 3. The number of hydrogen-bond acceptors (Lipinski definition) is 4. The number of benzene rings is 2. The van der Waals surface area contributed by atoms with Gasteiger partial charge in [0, 0.05) is 25.3 Å². The number of guanidine groups is 1. The largest absolute Gasteiger partial charge is 0.491 e. The van der Waals surface area contributed by atoms with Crippen molar-refractivity contribution in [1.82, 2.24) is 4.90 Å². The summed E-state index contributed by atoms with van der Waals surface area (Å²) in [6.45, 7) is 7.38. The molecule has 0 spiro atoms. The highest BCUT2D eigenvalue weighted by Gasteiger charge is 2.16. The number of halogens is 1. The van der Waals surface area contributed by atoms with Crippen molar-refractivity contribution in [3.8, 4) is 5.75 Å². The maximum absolute atomic E-state index is 9.61. The average molecular weight is 524 g/mol. The molecule has 0 radical (unpaired) electrons. The van der Waals surface area contributed by atoms with E-state index in [2.05, 4.69) is 39.5 Å². The molecule has 1 heterocycles. The monoisotopic (exact) mass is 524 g/mol. The number of aliphatic hydroxyl groups is 1. The molecule has 30 heavy (non-hydrogen) atoms. The molecule has 0 saturated carbocycles. The summed E-state index contributed by atoms with van der Waals surface area (Å²) in [4.78, 5) is 6.82. The molecule has 0 unspecified atom stereocenters. The number of nitrogens with zero attached hydrogens (tertiary/aromatic N) is 2. The van der Waals surface area contributed by atoms with Gasteiger partial charge >= 0.3 is 0 Å². The van der Waals surface area contributed by atoms with Gasteiger partial charge in [0.25, 0.3) is 0 Å². The lowest BCUT2D eigenvalue weighted by molar-refractivity contribution is 0.0792. The Kier molecular flexibility index (Phi) is 9.87. The quantitative estimate of drug-likeness (QED) is 0.290. The van der Waals surface area contributed by atoms with Gasteiger partial charge in [-0.1, -0.05) is 24.3 Å². The second kappa shape index (κ2) is 12.1. The molecule has 1 fully saturated rings. The van der Waals surface area contributed by atoms with Crippen LogP contribution in [0.3, 0.4) is 0 Å². The third kappa shape index (κ3) is 8.12. The second-order valence-corrected chi connectivity index (χ2v) is 7.84. The highest BCUT2D eigenvalue weighted by Crippen LogP contribution is 2.17. The lowest BCUT2D eigenvalue weighted by Gasteiger charge is -2.29. The van der Waals surface area contributed by atoms with Crippen LogP contribution in [-0.2, 0) is 13.1 Å². The van der Waals surface area contributed by atoms with E-state index in [1.54, 1.807) is 0 Å². The van der Waals surface area contributed by atoms with Crippen LogP contribution in [0.4, 0.5) is 5.69 Å². The number of rotatable bonds is 7. The summed E-state index contributed by atoms with van der Waals surface area (Å²) in [6, 6.07) is 16.2. The van der Waals surface area contributed by atoms with Crippen molar-refractivity contribution in [2.45, 2.75) is 52.0 Å². The van der Waals surface area contributed by atoms with Crippen molar-refractivity contribution in [2.24, 2.45) is 10.7 Å². The Labute approximate surface area is 196 Å². The molecule has 0 atom stereocenters. The molecule has 1 saturated heterocycles. The Bertz CT molecular complexity index is 786. The van der Waals surface area contributed by atoms with E-state index in [4.69, 9.17) is 10.5 Å². The number of piperidine rings is 1. The maximum Gasteiger partial charge on any atom is 0.193 e. The zero-order chi connectivity index (χ0) is 20.6. The van der Waals surface area contributed by atoms with Crippen molar-refractivity contribution < 1.29 is 9.84 Å². The number of ether oxygens (including phenoxy) is 1. The number of aliphatic imine (C=N–C) groups is 1. The number of nitrogens with one attached hydrogen (secondary N) is 1. The highest BCUT2D eigenvalue weighted by atomic mass is 127. The smallest absolute Gasteiger partial charge is 0.193 e. The molecule has 0 bridgehead atoms. The first kappa shape index (κ1) is 24.4. The third-order valence-electron chi connectivity index (χ3n) is 4.92. The van der Waals surface area contributed by atoms with Crippen molar-refractivity contribution in [2.75, 3.05) is 18.4 Å². The summed E-state index contributed by atoms with van der Waals surface area (Å²) >= 11 is 0. The molecule has 3 rings (SSSR count). The van der Waals surface area contributed by atoms with E-state index in [-0.39, 0.29) is 36.2 Å². The molecule has 7 heteroatoms. The van der Waals surface area contributed by atoms with Gasteiger partial charge in [-0.05, 0) is 62.1 Å². The number of likely N-dealkylation sites (tertiary alicyclic amines) is 1. The van der Waals surface area contributed by atoms with Crippen LogP contribution < -0.4 is 15.8 Å². The van der Waals surface area contributed by atoms with Crippen molar-refractivity contribution >= 4 is 35.6 Å². The van der Waals surface area contributed by atoms with E-state index in [0.717, 1.165) is 49.5 Å². The van der Waals surface area contributed by atoms with E-state index in [1.165, 1.54) is 5.56 Å². The molecule has 0 aliphatic carbocycles. The minimum absolute atomic E-state index is 0. The molecule has 4 N–H and O–H groups in total. The van der Waals surface area contributed by atoms with E-state index < -0.39 is 0 Å². The van der Waals surface area contributed by atoms with Gasteiger partial charge in [0.1, 0.15) is 5.75 Å². The highest BCUT2D eigenvalue weighted by molar-refractivity contribution is 14.0. The first-order chi connectivity index (χ1) is 14.0. The lowest BCUT2D eigenvalue weighted by atomic mass is 10.1. The van der Waals surface area contributed by atoms with Gasteiger partial charge in [-0.25, -0.2) is 4.99 Å². The zero-order valence-electron chi connectivity index (χ0n) is 17.8. The Morgan fingerprint density at radius 2 is 1.70 bits per heavy atom. The van der Waals surface area contributed by atoms with Crippen LogP contribution in [-0.4, -0.2) is 41.3 Å². The topological polar surface area (TPSA) is 83.1 Å². The zero-order valence-corrected chi connectivity index (χ0v) is 20.1. The van der Waals surface area contributed by atoms with Crippen LogP contribution in [0.15, 0.2) is 53.5 Å².